The van der Waals surface area contributed by atoms with Crippen LogP contribution in [0.1, 0.15) is 37.0 Å². The lowest BCUT2D eigenvalue weighted by atomic mass is 10.1. The number of pyridine rings is 2. The van der Waals surface area contributed by atoms with Crippen molar-refractivity contribution < 1.29 is 40.6 Å². The molecular formula is C25H23F7N4O3. The summed E-state index contributed by atoms with van der Waals surface area (Å²) in [5, 5.41) is 10.6. The number of hydrogen-bond acceptors (Lipinski definition) is 5. The highest BCUT2D eigenvalue weighted by Crippen LogP contribution is 2.44. The normalized spacial score (nSPS) is 15.9. The molecule has 2 heterocycles. The maximum absolute atomic E-state index is 15.2. The summed E-state index contributed by atoms with van der Waals surface area (Å²) in [4.78, 5) is 31.4. The first-order valence-electron chi connectivity index (χ1n) is 11.9. The summed E-state index contributed by atoms with van der Waals surface area (Å²) in [6.45, 7) is 3.00. The van der Waals surface area contributed by atoms with Crippen molar-refractivity contribution in [1.82, 2.24) is 14.9 Å². The number of halogens is 7. The number of carbonyl (C=O) groups is 1. The number of alkyl halides is 3. The second kappa shape index (κ2) is 10.5. The van der Waals surface area contributed by atoms with Gasteiger partial charge in [0.15, 0.2) is 28.9 Å². The third-order valence-corrected chi connectivity index (χ3v) is 6.34. The summed E-state index contributed by atoms with van der Waals surface area (Å²) >= 11 is 0. The fourth-order valence-corrected chi connectivity index (χ4v) is 4.30. The van der Waals surface area contributed by atoms with Gasteiger partial charge in [0.25, 0.3) is 12.3 Å². The van der Waals surface area contributed by atoms with Gasteiger partial charge in [-0.05, 0) is 32.8 Å². The maximum atomic E-state index is 15.2. The van der Waals surface area contributed by atoms with Crippen LogP contribution in [0.15, 0.2) is 29.2 Å². The Balaban J connectivity index is 2.00. The molecule has 0 spiro atoms. The molecule has 1 aromatic carbocycles. The van der Waals surface area contributed by atoms with Gasteiger partial charge in [-0.3, -0.25) is 14.2 Å². The number of aliphatic hydroxyl groups excluding tert-OH is 1. The Morgan fingerprint density at radius 3 is 2.31 bits per heavy atom. The summed E-state index contributed by atoms with van der Waals surface area (Å²) in [5.41, 5.74) is -3.93. The van der Waals surface area contributed by atoms with Crippen molar-refractivity contribution in [3.8, 4) is 5.69 Å². The average Bonchev–Trinajstić information content (AvgIpc) is 3.69. The molecule has 4 rings (SSSR count). The van der Waals surface area contributed by atoms with Gasteiger partial charge in [-0.25, -0.2) is 35.7 Å². The molecule has 2 unspecified atom stereocenters. The van der Waals surface area contributed by atoms with E-state index in [1.165, 1.54) is 17.1 Å². The molecule has 1 aliphatic rings. The van der Waals surface area contributed by atoms with E-state index in [1.807, 2.05) is 0 Å². The molecule has 14 heteroatoms. The van der Waals surface area contributed by atoms with Crippen LogP contribution in [0.3, 0.4) is 0 Å². The first-order valence-corrected chi connectivity index (χ1v) is 11.9. The predicted molar refractivity (Wildman–Crippen MR) is 127 cm³/mol. The van der Waals surface area contributed by atoms with Crippen molar-refractivity contribution in [2.75, 3.05) is 18.0 Å². The van der Waals surface area contributed by atoms with E-state index in [0.29, 0.717) is 29.0 Å². The monoisotopic (exact) mass is 560 g/mol. The third-order valence-electron chi connectivity index (χ3n) is 6.34. The Bertz CT molecular complexity index is 1470. The molecule has 0 bridgehead atoms. The Labute approximate surface area is 216 Å². The van der Waals surface area contributed by atoms with Crippen LogP contribution in [-0.4, -0.2) is 52.0 Å². The molecule has 0 saturated heterocycles. The number of nitrogens with zero attached hydrogens (tertiary/aromatic N) is 3. The summed E-state index contributed by atoms with van der Waals surface area (Å²) < 4.78 is 101. The fraction of sp³-hybridized carbons (Fsp3) is 0.400. The highest BCUT2D eigenvalue weighted by Gasteiger charge is 2.54. The van der Waals surface area contributed by atoms with Crippen LogP contribution in [-0.2, 0) is 0 Å². The van der Waals surface area contributed by atoms with E-state index in [0.717, 1.165) is 0 Å². The predicted octanol–water partition coefficient (Wildman–Crippen LogP) is 4.22. The van der Waals surface area contributed by atoms with Crippen LogP contribution >= 0.6 is 0 Å². The van der Waals surface area contributed by atoms with E-state index >= 15 is 4.39 Å². The van der Waals surface area contributed by atoms with E-state index in [9.17, 15) is 41.0 Å². The topological polar surface area (TPSA) is 87.5 Å². The summed E-state index contributed by atoms with van der Waals surface area (Å²) in [5.74, 6) is -12.2. The Hall–Kier alpha value is -3.68. The van der Waals surface area contributed by atoms with Crippen LogP contribution in [0.4, 0.5) is 36.6 Å². The molecule has 2 atom stereocenters. The number of nitrogens with one attached hydrogen (secondary N) is 1. The van der Waals surface area contributed by atoms with E-state index in [1.54, 1.807) is 6.92 Å². The first-order chi connectivity index (χ1) is 18.3. The van der Waals surface area contributed by atoms with Gasteiger partial charge in [0.2, 0.25) is 11.2 Å². The number of anilines is 1. The Morgan fingerprint density at radius 1 is 1.18 bits per heavy atom. The number of aliphatic hydroxyl groups is 1. The zero-order valence-corrected chi connectivity index (χ0v) is 20.6. The lowest BCUT2D eigenvalue weighted by Gasteiger charge is -2.26. The van der Waals surface area contributed by atoms with Crippen molar-refractivity contribution in [3.63, 3.8) is 0 Å². The number of hydrogen-bond donors (Lipinski definition) is 2. The van der Waals surface area contributed by atoms with Gasteiger partial charge in [-0.15, -0.1) is 0 Å². The van der Waals surface area contributed by atoms with Gasteiger partial charge in [-0.1, -0.05) is 0 Å². The summed E-state index contributed by atoms with van der Waals surface area (Å²) in [6, 6.07) is 1.22. The van der Waals surface area contributed by atoms with Crippen molar-refractivity contribution in [2.45, 2.75) is 45.0 Å². The number of fused-ring (bicyclic) bond motifs is 1. The summed E-state index contributed by atoms with van der Waals surface area (Å²) in [6.07, 6.45) is -3.97. The van der Waals surface area contributed by atoms with E-state index in [-0.39, 0.29) is 25.9 Å². The number of carbonyl (C=O) groups excluding carboxylic acids is 1. The minimum absolute atomic E-state index is 0.0490. The van der Waals surface area contributed by atoms with Crippen molar-refractivity contribution in [1.29, 1.82) is 0 Å². The molecule has 1 fully saturated rings. The Morgan fingerprint density at radius 2 is 1.79 bits per heavy atom. The Kier molecular flexibility index (Phi) is 7.61. The number of likely N-dealkylation sites (N-methyl/N-ethyl adjacent to an activating group) is 1. The lowest BCUT2D eigenvalue weighted by molar-refractivity contribution is -0.0671. The molecule has 3 aromatic rings. The molecule has 1 aliphatic carbocycles. The molecule has 7 nitrogen and oxygen atoms in total. The van der Waals surface area contributed by atoms with E-state index in [4.69, 9.17) is 0 Å². The van der Waals surface area contributed by atoms with Gasteiger partial charge in [0.05, 0.1) is 11.5 Å². The highest BCUT2D eigenvalue weighted by atomic mass is 19.3. The van der Waals surface area contributed by atoms with Crippen LogP contribution in [0, 0.1) is 29.2 Å². The van der Waals surface area contributed by atoms with Gasteiger partial charge >= 0.3 is 0 Å². The highest BCUT2D eigenvalue weighted by molar-refractivity contribution is 5.97. The standard InChI is InChI=1S/C25H23F7N4O3/c1-3-35(9-11(2)37)22-18(29)8-14-20(38)15(23(39)34-25(32,24(30)31)12-4-5-12)10-36(21(14)33-22)19-16(27)6-13(26)7-17(19)28/h6-8,10-12,24,37H,3-5,9H2,1-2H3,(H,34,39). The average molecular weight is 560 g/mol. The van der Waals surface area contributed by atoms with Crippen molar-refractivity contribution in [3.05, 3.63) is 63.5 Å². The number of rotatable bonds is 9. The lowest BCUT2D eigenvalue weighted by Crippen LogP contribution is -2.53. The van der Waals surface area contributed by atoms with E-state index < -0.39 is 86.9 Å². The molecule has 1 amide bonds. The second-order valence-corrected chi connectivity index (χ2v) is 9.31. The van der Waals surface area contributed by atoms with Crippen LogP contribution in [0.25, 0.3) is 16.7 Å². The molecule has 39 heavy (non-hydrogen) atoms. The minimum Gasteiger partial charge on any atom is -0.392 e. The number of benzene rings is 1. The quantitative estimate of drug-likeness (QED) is 0.303. The molecule has 210 valence electrons. The number of aromatic nitrogens is 2. The second-order valence-electron chi connectivity index (χ2n) is 9.31. The van der Waals surface area contributed by atoms with Crippen LogP contribution in [0.5, 0.6) is 0 Å². The maximum Gasteiger partial charge on any atom is 0.290 e. The van der Waals surface area contributed by atoms with Gasteiger partial charge in [-0.2, -0.15) is 0 Å². The van der Waals surface area contributed by atoms with Crippen LogP contribution in [0.2, 0.25) is 0 Å². The van der Waals surface area contributed by atoms with Gasteiger partial charge in [0.1, 0.15) is 17.1 Å². The van der Waals surface area contributed by atoms with Crippen LogP contribution < -0.4 is 15.6 Å². The molecule has 2 N–H and O–H groups in total. The number of amides is 1. The van der Waals surface area contributed by atoms with Crippen molar-refractivity contribution in [2.24, 2.45) is 5.92 Å². The molecule has 1 saturated carbocycles. The SMILES string of the molecule is CCN(CC(C)O)c1nc2c(cc1F)c(=O)c(C(=O)NC(F)(C(F)F)C1CC1)cn2-c1c(F)cc(F)cc1F. The molecule has 2 aromatic heterocycles. The fourth-order valence-electron chi connectivity index (χ4n) is 4.30. The van der Waals surface area contributed by atoms with Gasteiger partial charge < -0.3 is 15.3 Å². The molecule has 0 aliphatic heterocycles. The smallest absolute Gasteiger partial charge is 0.290 e. The summed E-state index contributed by atoms with van der Waals surface area (Å²) in [7, 11) is 0. The first kappa shape index (κ1) is 28.3. The minimum atomic E-state index is -3.65. The zero-order chi connectivity index (χ0) is 28.8. The zero-order valence-electron chi connectivity index (χ0n) is 20.6. The third kappa shape index (κ3) is 5.29. The van der Waals surface area contributed by atoms with Crippen molar-refractivity contribution >= 4 is 22.8 Å². The van der Waals surface area contributed by atoms with Gasteiger partial charge in [0, 0.05) is 37.3 Å². The molecular weight excluding hydrogens is 537 g/mol. The largest absolute Gasteiger partial charge is 0.392 e. The van der Waals surface area contributed by atoms with E-state index in [2.05, 4.69) is 4.98 Å². The molecule has 0 radical (unpaired) electrons.